The summed E-state index contributed by atoms with van der Waals surface area (Å²) in [5, 5.41) is 1.24. The van der Waals surface area contributed by atoms with E-state index in [1.807, 2.05) is 18.2 Å². The minimum absolute atomic E-state index is 0.500. The molecular formula is C13H16Cl3N. The maximum Gasteiger partial charge on any atom is 0.0595 e. The lowest BCUT2D eigenvalue weighted by Crippen LogP contribution is -2.40. The normalized spacial score (nSPS) is 21.7. The van der Waals surface area contributed by atoms with Crippen molar-refractivity contribution in [3.8, 4) is 0 Å². The molecule has 0 N–H and O–H groups in total. The molecule has 1 nitrogen and oxygen atoms in total. The van der Waals surface area contributed by atoms with Crippen LogP contribution in [0, 0.1) is 0 Å². The predicted molar refractivity (Wildman–Crippen MR) is 75.2 cm³/mol. The summed E-state index contributed by atoms with van der Waals surface area (Å²) >= 11 is 17.9. The third-order valence-electron chi connectivity index (χ3n) is 3.30. The molecule has 0 radical (unpaired) electrons. The lowest BCUT2D eigenvalue weighted by molar-refractivity contribution is 0.155. The van der Waals surface area contributed by atoms with Gasteiger partial charge in [-0.2, -0.15) is 0 Å². The summed E-state index contributed by atoms with van der Waals surface area (Å²) in [5.74, 6) is 0.710. The van der Waals surface area contributed by atoms with E-state index >= 15 is 0 Å². The first-order valence-electron chi connectivity index (χ1n) is 5.94. The van der Waals surface area contributed by atoms with Gasteiger partial charge in [0.05, 0.1) is 10.0 Å². The van der Waals surface area contributed by atoms with Gasteiger partial charge in [-0.3, -0.25) is 4.90 Å². The molecule has 4 heteroatoms. The van der Waals surface area contributed by atoms with Gasteiger partial charge in [0.1, 0.15) is 0 Å². The van der Waals surface area contributed by atoms with E-state index in [1.165, 1.54) is 24.8 Å². The smallest absolute Gasteiger partial charge is 0.0595 e. The molecule has 0 spiro atoms. The molecule has 94 valence electrons. The monoisotopic (exact) mass is 291 g/mol. The van der Waals surface area contributed by atoms with Crippen molar-refractivity contribution in [3.63, 3.8) is 0 Å². The van der Waals surface area contributed by atoms with Crippen LogP contribution in [0.1, 0.15) is 24.8 Å². The Balaban J connectivity index is 2.05. The quantitative estimate of drug-likeness (QED) is 0.737. The van der Waals surface area contributed by atoms with Gasteiger partial charge >= 0.3 is 0 Å². The molecule has 2 rings (SSSR count). The fourth-order valence-corrected chi connectivity index (χ4v) is 2.99. The summed E-state index contributed by atoms with van der Waals surface area (Å²) in [6.07, 6.45) is 3.74. The van der Waals surface area contributed by atoms with Gasteiger partial charge in [-0.05, 0) is 37.1 Å². The molecular weight excluding hydrogens is 277 g/mol. The highest BCUT2D eigenvalue weighted by Gasteiger charge is 2.21. The van der Waals surface area contributed by atoms with E-state index in [2.05, 4.69) is 4.90 Å². The summed E-state index contributed by atoms with van der Waals surface area (Å²) in [7, 11) is 0. The fourth-order valence-electron chi connectivity index (χ4n) is 2.32. The van der Waals surface area contributed by atoms with E-state index < -0.39 is 0 Å². The zero-order valence-electron chi connectivity index (χ0n) is 9.63. The Morgan fingerprint density at radius 2 is 2.00 bits per heavy atom. The van der Waals surface area contributed by atoms with Crippen LogP contribution in [0.2, 0.25) is 10.0 Å². The number of piperidine rings is 1. The molecule has 0 bridgehead atoms. The Hall–Kier alpha value is 0.0500. The minimum Gasteiger partial charge on any atom is -0.295 e. The van der Waals surface area contributed by atoms with Crippen LogP contribution >= 0.6 is 34.8 Å². The van der Waals surface area contributed by atoms with Gasteiger partial charge in [0, 0.05) is 18.5 Å². The average Bonchev–Trinajstić information content (AvgIpc) is 2.34. The molecule has 17 heavy (non-hydrogen) atoms. The number of nitrogens with zero attached hydrogens (tertiary/aromatic N) is 1. The fraction of sp³-hybridized carbons (Fsp3) is 0.538. The van der Waals surface area contributed by atoms with Crippen LogP contribution in [0.3, 0.4) is 0 Å². The van der Waals surface area contributed by atoms with Crippen molar-refractivity contribution in [2.24, 2.45) is 0 Å². The highest BCUT2D eigenvalue weighted by molar-refractivity contribution is 6.42. The van der Waals surface area contributed by atoms with Crippen molar-refractivity contribution >= 4 is 34.8 Å². The Morgan fingerprint density at radius 1 is 1.18 bits per heavy atom. The van der Waals surface area contributed by atoms with Crippen LogP contribution in [0.25, 0.3) is 0 Å². The molecule has 1 aliphatic heterocycles. The third kappa shape index (κ3) is 3.51. The van der Waals surface area contributed by atoms with E-state index in [9.17, 15) is 0 Å². The Bertz CT molecular complexity index is 381. The molecule has 1 aliphatic rings. The molecule has 1 aromatic rings. The van der Waals surface area contributed by atoms with Gasteiger partial charge in [0.15, 0.2) is 0 Å². The van der Waals surface area contributed by atoms with Gasteiger partial charge in [0.25, 0.3) is 0 Å². The number of benzene rings is 1. The number of hydrogen-bond acceptors (Lipinski definition) is 1. The average molecular weight is 293 g/mol. The van der Waals surface area contributed by atoms with Gasteiger partial charge in [-0.25, -0.2) is 0 Å². The number of likely N-dealkylation sites (tertiary alicyclic amines) is 1. The Labute approximate surface area is 118 Å². The molecule has 0 saturated carbocycles. The third-order valence-corrected chi connectivity index (χ3v) is 4.39. The summed E-state index contributed by atoms with van der Waals surface area (Å²) < 4.78 is 0. The molecule has 1 aromatic carbocycles. The molecule has 1 unspecified atom stereocenters. The van der Waals surface area contributed by atoms with Gasteiger partial charge in [0.2, 0.25) is 0 Å². The van der Waals surface area contributed by atoms with Gasteiger partial charge in [-0.1, -0.05) is 35.7 Å². The number of rotatable bonds is 3. The minimum atomic E-state index is 0.500. The second kappa shape index (κ2) is 6.29. The molecule has 1 fully saturated rings. The van der Waals surface area contributed by atoms with Gasteiger partial charge in [-0.15, -0.1) is 11.6 Å². The topological polar surface area (TPSA) is 3.24 Å². The molecule has 0 aromatic heterocycles. The molecule has 1 atom stereocenters. The number of halogens is 3. The number of hydrogen-bond donors (Lipinski definition) is 0. The van der Waals surface area contributed by atoms with Crippen LogP contribution < -0.4 is 0 Å². The largest absolute Gasteiger partial charge is 0.295 e. The highest BCUT2D eigenvalue weighted by atomic mass is 35.5. The van der Waals surface area contributed by atoms with Crippen LogP contribution in [0.4, 0.5) is 0 Å². The SMILES string of the molecule is ClCC1CCCCN1Cc1ccc(Cl)c(Cl)c1. The molecule has 0 aliphatic carbocycles. The van der Waals surface area contributed by atoms with Crippen molar-refractivity contribution in [3.05, 3.63) is 33.8 Å². The first-order valence-corrected chi connectivity index (χ1v) is 7.23. The summed E-state index contributed by atoms with van der Waals surface area (Å²) in [6, 6.07) is 6.34. The van der Waals surface area contributed by atoms with Crippen LogP contribution in [0.15, 0.2) is 18.2 Å². The molecule has 1 heterocycles. The van der Waals surface area contributed by atoms with Crippen molar-refractivity contribution in [2.45, 2.75) is 31.8 Å². The van der Waals surface area contributed by atoms with E-state index in [0.717, 1.165) is 13.1 Å². The van der Waals surface area contributed by atoms with Crippen LogP contribution in [0.5, 0.6) is 0 Å². The molecule has 1 saturated heterocycles. The van der Waals surface area contributed by atoms with E-state index in [-0.39, 0.29) is 0 Å². The summed E-state index contributed by atoms with van der Waals surface area (Å²) in [4.78, 5) is 2.44. The lowest BCUT2D eigenvalue weighted by Gasteiger charge is -2.34. The molecule has 0 amide bonds. The van der Waals surface area contributed by atoms with Crippen LogP contribution in [-0.2, 0) is 6.54 Å². The maximum absolute atomic E-state index is 6.03. The zero-order valence-corrected chi connectivity index (χ0v) is 11.9. The van der Waals surface area contributed by atoms with Crippen molar-refractivity contribution in [1.29, 1.82) is 0 Å². The van der Waals surface area contributed by atoms with E-state index in [4.69, 9.17) is 34.8 Å². The van der Waals surface area contributed by atoms with E-state index in [1.54, 1.807) is 0 Å². The summed E-state index contributed by atoms with van der Waals surface area (Å²) in [6.45, 7) is 2.03. The predicted octanol–water partition coefficient (Wildman–Crippen LogP) is 4.59. The first-order chi connectivity index (χ1) is 8.20. The lowest BCUT2D eigenvalue weighted by atomic mass is 10.0. The summed E-state index contributed by atoms with van der Waals surface area (Å²) in [5.41, 5.74) is 1.21. The Kier molecular flexibility index (Phi) is 4.98. The standard InChI is InChI=1S/C13H16Cl3N/c14-8-11-3-1-2-6-17(11)9-10-4-5-12(15)13(16)7-10/h4-5,7,11H,1-3,6,8-9H2. The van der Waals surface area contributed by atoms with Crippen molar-refractivity contribution in [2.75, 3.05) is 12.4 Å². The second-order valence-corrected chi connectivity index (χ2v) is 5.65. The van der Waals surface area contributed by atoms with Crippen LogP contribution in [-0.4, -0.2) is 23.4 Å². The number of alkyl halides is 1. The van der Waals surface area contributed by atoms with E-state index in [0.29, 0.717) is 22.0 Å². The first kappa shape index (κ1) is 13.5. The maximum atomic E-state index is 6.03. The Morgan fingerprint density at radius 3 is 2.71 bits per heavy atom. The van der Waals surface area contributed by atoms with Gasteiger partial charge < -0.3 is 0 Å². The second-order valence-electron chi connectivity index (χ2n) is 4.52. The van der Waals surface area contributed by atoms with Crippen molar-refractivity contribution < 1.29 is 0 Å². The van der Waals surface area contributed by atoms with Crippen molar-refractivity contribution in [1.82, 2.24) is 4.90 Å². The zero-order chi connectivity index (χ0) is 12.3. The highest BCUT2D eigenvalue weighted by Crippen LogP contribution is 2.25.